The second-order valence-corrected chi connectivity index (χ2v) is 9.84. The lowest BCUT2D eigenvalue weighted by Crippen LogP contribution is -2.49. The zero-order valence-electron chi connectivity index (χ0n) is 20.3. The van der Waals surface area contributed by atoms with Crippen LogP contribution in [0.3, 0.4) is 0 Å². The fourth-order valence-corrected chi connectivity index (χ4v) is 4.88. The van der Waals surface area contributed by atoms with E-state index in [4.69, 9.17) is 21.1 Å². The molecule has 2 heterocycles. The van der Waals surface area contributed by atoms with Crippen molar-refractivity contribution in [3.8, 4) is 17.2 Å². The Morgan fingerprint density at radius 1 is 1.17 bits per heavy atom. The third-order valence-corrected chi connectivity index (χ3v) is 6.76. The van der Waals surface area contributed by atoms with E-state index in [1.54, 1.807) is 0 Å². The average molecular weight is 518 g/mol. The van der Waals surface area contributed by atoms with Crippen LogP contribution in [0.15, 0.2) is 36.4 Å². The van der Waals surface area contributed by atoms with Crippen LogP contribution in [0.4, 0.5) is 0 Å². The number of likely N-dealkylation sites (tertiary alicyclic amines) is 1. The molecule has 1 atom stereocenters. The molecule has 4 rings (SSSR count). The van der Waals surface area contributed by atoms with Crippen LogP contribution in [0.2, 0.25) is 5.02 Å². The smallest absolute Gasteiger partial charge is 0.255 e. The molecule has 0 bridgehead atoms. The van der Waals surface area contributed by atoms with Gasteiger partial charge in [-0.1, -0.05) is 11.6 Å². The van der Waals surface area contributed by atoms with Crippen LogP contribution >= 0.6 is 11.6 Å². The van der Waals surface area contributed by atoms with Gasteiger partial charge in [0.05, 0.1) is 5.56 Å². The van der Waals surface area contributed by atoms with Gasteiger partial charge in [-0.3, -0.25) is 9.59 Å². The number of carbonyl (C=O) groups is 2. The number of aliphatic hydroxyl groups is 1. The Morgan fingerprint density at radius 3 is 2.67 bits per heavy atom. The van der Waals surface area contributed by atoms with Crippen molar-refractivity contribution in [1.29, 1.82) is 0 Å². The molecule has 2 aromatic rings. The highest BCUT2D eigenvalue weighted by Gasteiger charge is 2.42. The van der Waals surface area contributed by atoms with Gasteiger partial charge in [0.15, 0.2) is 0 Å². The molecule has 0 aliphatic carbocycles. The van der Waals surface area contributed by atoms with Gasteiger partial charge < -0.3 is 35.2 Å². The lowest BCUT2D eigenvalue weighted by molar-refractivity contribution is -0.118. The Bertz CT molecular complexity index is 1100. The molecule has 1 fully saturated rings. The molecule has 0 radical (unpaired) electrons. The molecule has 2 aliphatic rings. The first kappa shape index (κ1) is 26.1. The van der Waals surface area contributed by atoms with Crippen molar-refractivity contribution in [2.45, 2.75) is 37.9 Å². The van der Waals surface area contributed by atoms with Gasteiger partial charge in [-0.25, -0.2) is 0 Å². The van der Waals surface area contributed by atoms with Crippen molar-refractivity contribution >= 4 is 23.4 Å². The van der Waals surface area contributed by atoms with Gasteiger partial charge in [-0.15, -0.1) is 0 Å². The van der Waals surface area contributed by atoms with Crippen LogP contribution < -0.4 is 20.1 Å². The summed E-state index contributed by atoms with van der Waals surface area (Å²) in [6, 6.07) is 9.95. The van der Waals surface area contributed by atoms with E-state index < -0.39 is 12.0 Å². The van der Waals surface area contributed by atoms with Crippen molar-refractivity contribution in [3.05, 3.63) is 52.5 Å². The number of piperidine rings is 1. The largest absolute Gasteiger partial charge is 0.508 e. The van der Waals surface area contributed by atoms with Crippen LogP contribution in [0.5, 0.6) is 17.2 Å². The van der Waals surface area contributed by atoms with Gasteiger partial charge in [0.25, 0.3) is 5.91 Å². The number of aliphatic hydroxyl groups excluding tert-OH is 1. The number of benzene rings is 2. The lowest BCUT2D eigenvalue weighted by Gasteiger charge is -2.39. The van der Waals surface area contributed by atoms with Crippen molar-refractivity contribution in [3.63, 3.8) is 0 Å². The van der Waals surface area contributed by atoms with E-state index in [0.717, 1.165) is 43.7 Å². The standard InChI is InChI=1S/C26H32ClN3O6/c1-17(31)28-8-9-29-25(34)22-4-3-20(32)13-24(22)35-16-21(33)15-30-10-6-26(7-11-30)14-18-12-19(27)2-5-23(18)36-26/h2-5,12-13,21,32-33H,6-11,14-16H2,1H3,(H,28,31)(H,29,34)/t21-/m1/s1. The quantitative estimate of drug-likeness (QED) is 0.376. The van der Waals surface area contributed by atoms with Crippen molar-refractivity contribution in [1.82, 2.24) is 15.5 Å². The van der Waals surface area contributed by atoms with Crippen LogP contribution in [-0.4, -0.2) is 78.0 Å². The topological polar surface area (TPSA) is 120 Å². The molecule has 9 nitrogen and oxygen atoms in total. The summed E-state index contributed by atoms with van der Waals surface area (Å²) in [7, 11) is 0. The predicted molar refractivity (Wildman–Crippen MR) is 135 cm³/mol. The predicted octanol–water partition coefficient (Wildman–Crippen LogP) is 2.12. The summed E-state index contributed by atoms with van der Waals surface area (Å²) in [6.45, 7) is 3.91. The van der Waals surface area contributed by atoms with E-state index in [1.807, 2.05) is 18.2 Å². The van der Waals surface area contributed by atoms with Crippen LogP contribution in [0.1, 0.15) is 35.7 Å². The van der Waals surface area contributed by atoms with E-state index in [9.17, 15) is 19.8 Å². The average Bonchev–Trinajstić information content (AvgIpc) is 3.18. The first-order valence-corrected chi connectivity index (χ1v) is 12.5. The summed E-state index contributed by atoms with van der Waals surface area (Å²) >= 11 is 6.13. The maximum Gasteiger partial charge on any atom is 0.255 e. The maximum atomic E-state index is 12.5. The van der Waals surface area contributed by atoms with Gasteiger partial charge in [0, 0.05) is 70.0 Å². The molecular formula is C26H32ClN3O6. The highest BCUT2D eigenvalue weighted by molar-refractivity contribution is 6.30. The molecule has 2 amide bonds. The van der Waals surface area contributed by atoms with Crippen molar-refractivity contribution in [2.24, 2.45) is 0 Å². The van der Waals surface area contributed by atoms with Crippen LogP contribution in [0, 0.1) is 0 Å². The molecular weight excluding hydrogens is 486 g/mol. The lowest BCUT2D eigenvalue weighted by atomic mass is 9.87. The summed E-state index contributed by atoms with van der Waals surface area (Å²) in [5, 5.41) is 26.5. The Hall–Kier alpha value is -3.01. The van der Waals surface area contributed by atoms with E-state index in [-0.39, 0.29) is 41.7 Å². The normalized spacial score (nSPS) is 17.2. The Balaban J connectivity index is 1.25. The SMILES string of the molecule is CC(=O)NCCNC(=O)c1ccc(O)cc1OC[C@H](O)CN1CCC2(CC1)Cc1cc(Cl)ccc1O2. The molecule has 194 valence electrons. The molecule has 0 saturated carbocycles. The van der Waals surface area contributed by atoms with Gasteiger partial charge in [0.1, 0.15) is 35.6 Å². The molecule has 10 heteroatoms. The molecule has 36 heavy (non-hydrogen) atoms. The highest BCUT2D eigenvalue weighted by atomic mass is 35.5. The minimum absolute atomic E-state index is 0.0301. The number of hydrogen-bond acceptors (Lipinski definition) is 7. The first-order valence-electron chi connectivity index (χ1n) is 12.1. The van der Waals surface area contributed by atoms with E-state index >= 15 is 0 Å². The van der Waals surface area contributed by atoms with Crippen LogP contribution in [0.25, 0.3) is 0 Å². The van der Waals surface area contributed by atoms with E-state index in [0.29, 0.717) is 18.1 Å². The number of aromatic hydroxyl groups is 1. The number of amides is 2. The maximum absolute atomic E-state index is 12.5. The number of hydrogen-bond donors (Lipinski definition) is 4. The molecule has 4 N–H and O–H groups in total. The number of carbonyl (C=O) groups excluding carboxylic acids is 2. The summed E-state index contributed by atoms with van der Waals surface area (Å²) in [6.07, 6.45) is 1.76. The zero-order valence-corrected chi connectivity index (χ0v) is 21.0. The molecule has 1 spiro atoms. The summed E-state index contributed by atoms with van der Waals surface area (Å²) in [4.78, 5) is 25.7. The highest BCUT2D eigenvalue weighted by Crippen LogP contribution is 2.42. The van der Waals surface area contributed by atoms with Crippen molar-refractivity contribution < 1.29 is 29.3 Å². The number of phenolic OH excluding ortho intramolecular Hbond substituents is 1. The van der Waals surface area contributed by atoms with E-state index in [1.165, 1.54) is 25.1 Å². The number of nitrogens with one attached hydrogen (secondary N) is 2. The summed E-state index contributed by atoms with van der Waals surface area (Å²) < 4.78 is 12.0. The van der Waals surface area contributed by atoms with Gasteiger partial charge in [-0.05, 0) is 35.9 Å². The molecule has 1 saturated heterocycles. The first-order chi connectivity index (χ1) is 17.2. The Kier molecular flexibility index (Phi) is 8.23. The molecule has 2 aromatic carbocycles. The number of halogens is 1. The van der Waals surface area contributed by atoms with Crippen molar-refractivity contribution in [2.75, 3.05) is 39.3 Å². The summed E-state index contributed by atoms with van der Waals surface area (Å²) in [5.41, 5.74) is 1.17. The number of phenols is 1. The minimum Gasteiger partial charge on any atom is -0.508 e. The zero-order chi connectivity index (χ0) is 25.7. The van der Waals surface area contributed by atoms with Crippen LogP contribution in [-0.2, 0) is 11.2 Å². The van der Waals surface area contributed by atoms with Gasteiger partial charge >= 0.3 is 0 Å². The second-order valence-electron chi connectivity index (χ2n) is 9.40. The van der Waals surface area contributed by atoms with Gasteiger partial charge in [-0.2, -0.15) is 0 Å². The number of rotatable bonds is 9. The number of β-amino-alcohol motifs (C(OH)–C–C–N with tert-alkyl or cyclic N) is 1. The minimum atomic E-state index is -0.780. The second kappa shape index (κ2) is 11.4. The third kappa shape index (κ3) is 6.60. The Labute approximate surface area is 215 Å². The summed E-state index contributed by atoms with van der Waals surface area (Å²) in [5.74, 6) is 0.461. The van der Waals surface area contributed by atoms with Gasteiger partial charge in [0.2, 0.25) is 5.91 Å². The molecule has 0 aromatic heterocycles. The fourth-order valence-electron chi connectivity index (χ4n) is 4.69. The number of nitrogens with zero attached hydrogens (tertiary/aromatic N) is 1. The fraction of sp³-hybridized carbons (Fsp3) is 0.462. The van der Waals surface area contributed by atoms with E-state index in [2.05, 4.69) is 15.5 Å². The monoisotopic (exact) mass is 517 g/mol. The third-order valence-electron chi connectivity index (χ3n) is 6.52. The Morgan fingerprint density at radius 2 is 1.92 bits per heavy atom. The number of ether oxygens (including phenoxy) is 2. The molecule has 0 unspecified atom stereocenters. The number of fused-ring (bicyclic) bond motifs is 1. The molecule has 2 aliphatic heterocycles.